The van der Waals surface area contributed by atoms with Crippen LogP contribution in [0.2, 0.25) is 0 Å². The molecule has 0 aliphatic carbocycles. The molecule has 2 atom stereocenters. The third-order valence-corrected chi connectivity index (χ3v) is 5.31. The van der Waals surface area contributed by atoms with E-state index in [9.17, 15) is 24.6 Å². The van der Waals surface area contributed by atoms with Crippen LogP contribution in [0.3, 0.4) is 0 Å². The topological polar surface area (TPSA) is 128 Å². The Hall–Kier alpha value is -3.59. The van der Waals surface area contributed by atoms with Crippen LogP contribution in [-0.4, -0.2) is 57.8 Å². The van der Waals surface area contributed by atoms with Gasteiger partial charge in [-0.05, 0) is 49.9 Å². The van der Waals surface area contributed by atoms with Crippen molar-refractivity contribution in [3.63, 3.8) is 0 Å². The van der Waals surface area contributed by atoms with Gasteiger partial charge in [-0.3, -0.25) is 9.59 Å². The molecule has 4 N–H and O–H groups in total. The Morgan fingerprint density at radius 3 is 2.14 bits per heavy atom. The summed E-state index contributed by atoms with van der Waals surface area (Å²) in [5.41, 5.74) is 0.563. The molecule has 2 unspecified atom stereocenters. The number of aromatic hydroxyl groups is 1. The molecule has 0 heterocycles. The zero-order chi connectivity index (χ0) is 26.9. The minimum atomic E-state index is -1.12. The van der Waals surface area contributed by atoms with E-state index < -0.39 is 42.2 Å². The molecule has 0 fully saturated rings. The molecule has 2 rings (SSSR count). The zero-order valence-electron chi connectivity index (χ0n) is 21.5. The molecule has 0 radical (unpaired) electrons. The number of carbonyl (C=O) groups is 3. The van der Waals surface area contributed by atoms with E-state index in [0.717, 1.165) is 5.56 Å². The van der Waals surface area contributed by atoms with Gasteiger partial charge in [0.2, 0.25) is 11.8 Å². The molecule has 36 heavy (non-hydrogen) atoms. The number of hydrogen-bond donors (Lipinski definition) is 4. The normalized spacial score (nSPS) is 13.0. The number of carbonyl (C=O) groups excluding carboxylic acids is 3. The van der Waals surface area contributed by atoms with Crippen LogP contribution in [0.15, 0.2) is 54.6 Å². The van der Waals surface area contributed by atoms with Crippen LogP contribution in [0.25, 0.3) is 0 Å². The van der Waals surface area contributed by atoms with Crippen molar-refractivity contribution in [2.45, 2.75) is 58.8 Å². The molecule has 3 amide bonds. The first-order chi connectivity index (χ1) is 16.9. The predicted molar refractivity (Wildman–Crippen MR) is 136 cm³/mol. The third kappa shape index (κ3) is 8.57. The quantitative estimate of drug-likeness (QED) is 0.398. The number of aliphatic hydroxyl groups is 1. The minimum Gasteiger partial charge on any atom is -0.508 e. The van der Waals surface area contributed by atoms with Crippen molar-refractivity contribution >= 4 is 17.9 Å². The Labute approximate surface area is 212 Å². The Morgan fingerprint density at radius 2 is 1.61 bits per heavy atom. The second-order valence-electron chi connectivity index (χ2n) is 9.82. The number of amides is 3. The molecule has 0 spiro atoms. The van der Waals surface area contributed by atoms with Crippen LogP contribution in [0.5, 0.6) is 5.75 Å². The fourth-order valence-corrected chi connectivity index (χ4v) is 3.61. The van der Waals surface area contributed by atoms with Gasteiger partial charge in [0.1, 0.15) is 23.4 Å². The highest BCUT2D eigenvalue weighted by molar-refractivity contribution is 5.92. The first-order valence-electron chi connectivity index (χ1n) is 11.9. The van der Waals surface area contributed by atoms with E-state index in [4.69, 9.17) is 4.74 Å². The Bertz CT molecular complexity index is 1000. The van der Waals surface area contributed by atoms with Gasteiger partial charge in [0.25, 0.3) is 0 Å². The van der Waals surface area contributed by atoms with Crippen LogP contribution in [0.1, 0.15) is 51.8 Å². The lowest BCUT2D eigenvalue weighted by Crippen LogP contribution is -2.55. The molecule has 0 saturated heterocycles. The highest BCUT2D eigenvalue weighted by Gasteiger charge is 2.37. The van der Waals surface area contributed by atoms with Gasteiger partial charge in [-0.2, -0.15) is 0 Å². The summed E-state index contributed by atoms with van der Waals surface area (Å²) < 4.78 is 5.32. The molecule has 9 heteroatoms. The van der Waals surface area contributed by atoms with Crippen molar-refractivity contribution in [1.29, 1.82) is 0 Å². The smallest absolute Gasteiger partial charge is 0.408 e. The number of nitrogens with one attached hydrogen (secondary N) is 2. The molecular formula is C27H37N3O6. The second-order valence-corrected chi connectivity index (χ2v) is 9.82. The SMILES string of the molecule is CC(C)C(NC(=O)OC(C)(C)C)C(=O)N(CCO)C(C(=O)NCc1ccccc1)c1ccc(O)cc1. The van der Waals surface area contributed by atoms with Crippen LogP contribution in [0.4, 0.5) is 4.79 Å². The fraction of sp³-hybridized carbons (Fsp3) is 0.444. The van der Waals surface area contributed by atoms with E-state index in [1.807, 2.05) is 30.3 Å². The average molecular weight is 500 g/mol. The molecule has 196 valence electrons. The van der Waals surface area contributed by atoms with Crippen molar-refractivity contribution in [1.82, 2.24) is 15.5 Å². The van der Waals surface area contributed by atoms with Crippen LogP contribution in [-0.2, 0) is 20.9 Å². The van der Waals surface area contributed by atoms with Gasteiger partial charge in [-0.15, -0.1) is 0 Å². The molecular weight excluding hydrogens is 462 g/mol. The van der Waals surface area contributed by atoms with Gasteiger partial charge in [0.15, 0.2) is 0 Å². The summed E-state index contributed by atoms with van der Waals surface area (Å²) in [5.74, 6) is -1.34. The van der Waals surface area contributed by atoms with Gasteiger partial charge in [0.05, 0.1) is 6.61 Å². The monoisotopic (exact) mass is 499 g/mol. The maximum atomic E-state index is 13.8. The Morgan fingerprint density at radius 1 is 1.00 bits per heavy atom. The number of benzene rings is 2. The van der Waals surface area contributed by atoms with E-state index in [1.54, 1.807) is 46.8 Å². The lowest BCUT2D eigenvalue weighted by molar-refractivity contribution is -0.144. The maximum absolute atomic E-state index is 13.8. The molecule has 0 bridgehead atoms. The summed E-state index contributed by atoms with van der Waals surface area (Å²) in [6.45, 7) is 8.37. The summed E-state index contributed by atoms with van der Waals surface area (Å²) in [6, 6.07) is 13.1. The summed E-state index contributed by atoms with van der Waals surface area (Å²) in [6.07, 6.45) is -0.756. The van der Waals surface area contributed by atoms with Gasteiger partial charge in [0, 0.05) is 13.1 Å². The Balaban J connectivity index is 2.39. The highest BCUT2D eigenvalue weighted by atomic mass is 16.6. The summed E-state index contributed by atoms with van der Waals surface area (Å²) >= 11 is 0. The number of nitrogens with zero attached hydrogens (tertiary/aromatic N) is 1. The molecule has 0 aliphatic heterocycles. The number of aliphatic hydroxyl groups excluding tert-OH is 1. The van der Waals surface area contributed by atoms with E-state index >= 15 is 0 Å². The van der Waals surface area contributed by atoms with Crippen molar-refractivity contribution < 1.29 is 29.3 Å². The molecule has 0 aliphatic rings. The van der Waals surface area contributed by atoms with Crippen LogP contribution < -0.4 is 10.6 Å². The molecule has 2 aromatic rings. The first kappa shape index (κ1) is 28.6. The fourth-order valence-electron chi connectivity index (χ4n) is 3.61. The van der Waals surface area contributed by atoms with E-state index in [1.165, 1.54) is 17.0 Å². The number of alkyl carbamates (subject to hydrolysis) is 1. The minimum absolute atomic E-state index is 0.00822. The number of hydrogen-bond acceptors (Lipinski definition) is 6. The number of phenolic OH excluding ortho intramolecular Hbond substituents is 1. The van der Waals surface area contributed by atoms with Crippen molar-refractivity contribution in [2.24, 2.45) is 5.92 Å². The summed E-state index contributed by atoms with van der Waals surface area (Å²) in [7, 11) is 0. The zero-order valence-corrected chi connectivity index (χ0v) is 21.5. The van der Waals surface area contributed by atoms with Gasteiger partial charge < -0.3 is 30.5 Å². The largest absolute Gasteiger partial charge is 0.508 e. The number of phenols is 1. The molecule has 0 aromatic heterocycles. The standard InChI is InChI=1S/C27H37N3O6/c1-18(2)22(29-26(35)36-27(3,4)5)25(34)30(15-16-31)23(20-11-13-21(32)14-12-20)24(33)28-17-19-9-7-6-8-10-19/h6-14,18,22-23,31-32H,15-17H2,1-5H3,(H,28,33)(H,29,35). The van der Waals surface area contributed by atoms with Crippen molar-refractivity contribution in [2.75, 3.05) is 13.2 Å². The predicted octanol–water partition coefficient (Wildman–Crippen LogP) is 3.12. The van der Waals surface area contributed by atoms with E-state index in [-0.39, 0.29) is 24.8 Å². The number of ether oxygens (including phenoxy) is 1. The van der Waals surface area contributed by atoms with Crippen LogP contribution in [0, 0.1) is 5.92 Å². The van der Waals surface area contributed by atoms with Gasteiger partial charge in [-0.25, -0.2) is 4.79 Å². The average Bonchev–Trinajstić information content (AvgIpc) is 2.81. The van der Waals surface area contributed by atoms with E-state index in [0.29, 0.717) is 5.56 Å². The first-order valence-corrected chi connectivity index (χ1v) is 11.9. The highest BCUT2D eigenvalue weighted by Crippen LogP contribution is 2.25. The second kappa shape index (κ2) is 12.9. The summed E-state index contributed by atoms with van der Waals surface area (Å²) in [4.78, 5) is 40.9. The van der Waals surface area contributed by atoms with E-state index in [2.05, 4.69) is 10.6 Å². The van der Waals surface area contributed by atoms with Gasteiger partial charge in [-0.1, -0.05) is 56.3 Å². The van der Waals surface area contributed by atoms with Crippen molar-refractivity contribution in [3.8, 4) is 5.75 Å². The van der Waals surface area contributed by atoms with Gasteiger partial charge >= 0.3 is 6.09 Å². The van der Waals surface area contributed by atoms with Crippen molar-refractivity contribution in [3.05, 3.63) is 65.7 Å². The lowest BCUT2D eigenvalue weighted by atomic mass is 9.98. The third-order valence-electron chi connectivity index (χ3n) is 5.31. The Kier molecular flexibility index (Phi) is 10.3. The lowest BCUT2D eigenvalue weighted by Gasteiger charge is -2.35. The molecule has 0 saturated carbocycles. The number of rotatable bonds is 10. The maximum Gasteiger partial charge on any atom is 0.408 e. The van der Waals surface area contributed by atoms with Crippen LogP contribution >= 0.6 is 0 Å². The summed E-state index contributed by atoms with van der Waals surface area (Å²) in [5, 5.41) is 25.0. The molecule has 2 aromatic carbocycles. The molecule has 9 nitrogen and oxygen atoms in total.